The Morgan fingerprint density at radius 1 is 1.15 bits per heavy atom. The van der Waals surface area contributed by atoms with Crippen molar-refractivity contribution in [2.24, 2.45) is 0 Å². The van der Waals surface area contributed by atoms with Crippen molar-refractivity contribution < 1.29 is 32.3 Å². The summed E-state index contributed by atoms with van der Waals surface area (Å²) < 4.78 is 46.3. The summed E-state index contributed by atoms with van der Waals surface area (Å²) in [6, 6.07) is 7.14. The van der Waals surface area contributed by atoms with E-state index in [9.17, 15) is 27.6 Å². The van der Waals surface area contributed by atoms with Gasteiger partial charge in [0.2, 0.25) is 0 Å². The van der Waals surface area contributed by atoms with Crippen LogP contribution in [0.25, 0.3) is 5.65 Å². The van der Waals surface area contributed by atoms with Crippen molar-refractivity contribution in [2.45, 2.75) is 39.0 Å². The maximum absolute atomic E-state index is 13.3. The largest absolute Gasteiger partial charge is 0.459 e. The second kappa shape index (κ2) is 8.75. The Bertz CT molecular complexity index is 1280. The predicted molar refractivity (Wildman–Crippen MR) is 116 cm³/mol. The number of hydrogen-bond donors (Lipinski definition) is 0. The highest BCUT2D eigenvalue weighted by Crippen LogP contribution is 2.34. The standard InChI is InChI=1S/C23H19ClF3N3O4/c1-12(2)19-17(30-10-13(23(25,26)27)9-16(24)20(30)28-19)11-34-18(31)7-8-29-21(32)14-5-3-4-6-15(14)22(29)33/h3-6,9-10,12H,7-8,11H2,1-2H3. The number of pyridine rings is 1. The number of rotatable bonds is 6. The molecule has 4 rings (SSSR count). The van der Waals surface area contributed by atoms with Gasteiger partial charge < -0.3 is 4.74 Å². The molecular weight excluding hydrogens is 475 g/mol. The van der Waals surface area contributed by atoms with E-state index in [0.717, 1.165) is 17.2 Å². The number of fused-ring (bicyclic) bond motifs is 2. The second-order valence-electron chi connectivity index (χ2n) is 8.08. The summed E-state index contributed by atoms with van der Waals surface area (Å²) in [5, 5.41) is -0.181. The summed E-state index contributed by atoms with van der Waals surface area (Å²) in [7, 11) is 0. The highest BCUT2D eigenvalue weighted by Gasteiger charge is 2.35. The Kier molecular flexibility index (Phi) is 6.11. The lowest BCUT2D eigenvalue weighted by Gasteiger charge is -2.14. The third kappa shape index (κ3) is 4.25. The quantitative estimate of drug-likeness (QED) is 0.362. The molecule has 0 N–H and O–H groups in total. The van der Waals surface area contributed by atoms with Crippen LogP contribution in [0.15, 0.2) is 36.5 Å². The molecule has 2 amide bonds. The predicted octanol–water partition coefficient (Wildman–Crippen LogP) is 4.86. The highest BCUT2D eigenvalue weighted by molar-refractivity contribution is 6.33. The summed E-state index contributed by atoms with van der Waals surface area (Å²) in [6.45, 7) is 3.06. The Morgan fingerprint density at radius 3 is 2.32 bits per heavy atom. The SMILES string of the molecule is CC(C)c1nc2c(Cl)cc(C(F)(F)F)cn2c1COC(=O)CCN1C(=O)c2ccccc2C1=O. The lowest BCUT2D eigenvalue weighted by atomic mass is 10.1. The van der Waals surface area contributed by atoms with Gasteiger partial charge in [-0.2, -0.15) is 13.2 Å². The topological polar surface area (TPSA) is 81.0 Å². The molecule has 2 aromatic heterocycles. The first-order valence-corrected chi connectivity index (χ1v) is 10.7. The van der Waals surface area contributed by atoms with Crippen LogP contribution in [-0.4, -0.2) is 38.6 Å². The van der Waals surface area contributed by atoms with Crippen molar-refractivity contribution in [3.05, 3.63) is 69.6 Å². The van der Waals surface area contributed by atoms with Gasteiger partial charge in [-0.25, -0.2) is 4.98 Å². The number of carbonyl (C=O) groups excluding carboxylic acids is 3. The fraction of sp³-hybridized carbons (Fsp3) is 0.304. The molecule has 0 fully saturated rings. The number of carbonyl (C=O) groups is 3. The normalized spacial score (nSPS) is 13.8. The molecule has 178 valence electrons. The van der Waals surface area contributed by atoms with Crippen LogP contribution in [0.4, 0.5) is 13.2 Å². The number of aromatic nitrogens is 2. The van der Waals surface area contributed by atoms with Crippen LogP contribution in [0, 0.1) is 0 Å². The molecular formula is C23H19ClF3N3O4. The molecule has 0 bridgehead atoms. The van der Waals surface area contributed by atoms with Crippen LogP contribution in [0.1, 0.15) is 63.9 Å². The molecule has 3 heterocycles. The fourth-order valence-corrected chi connectivity index (χ4v) is 4.05. The Hall–Kier alpha value is -3.40. The molecule has 1 aliphatic rings. The van der Waals surface area contributed by atoms with E-state index in [2.05, 4.69) is 4.98 Å². The number of hydrogen-bond acceptors (Lipinski definition) is 5. The fourth-order valence-electron chi connectivity index (χ4n) is 3.80. The van der Waals surface area contributed by atoms with Gasteiger partial charge in [0.05, 0.1) is 39.5 Å². The van der Waals surface area contributed by atoms with Crippen molar-refractivity contribution in [1.82, 2.24) is 14.3 Å². The maximum atomic E-state index is 13.3. The number of halogens is 4. The first-order valence-electron chi connectivity index (χ1n) is 10.4. The molecule has 11 heteroatoms. The Morgan fingerprint density at radius 2 is 1.76 bits per heavy atom. The third-order valence-electron chi connectivity index (χ3n) is 5.47. The number of amides is 2. The first kappa shape index (κ1) is 23.7. The van der Waals surface area contributed by atoms with Crippen molar-refractivity contribution in [3.8, 4) is 0 Å². The van der Waals surface area contributed by atoms with Gasteiger partial charge >= 0.3 is 12.1 Å². The summed E-state index contributed by atoms with van der Waals surface area (Å²) in [5.41, 5.74) is 0.392. The van der Waals surface area contributed by atoms with Gasteiger partial charge in [0.1, 0.15) is 6.61 Å². The minimum absolute atomic E-state index is 0.121. The minimum Gasteiger partial charge on any atom is -0.459 e. The van der Waals surface area contributed by atoms with Gasteiger partial charge in [-0.1, -0.05) is 37.6 Å². The van der Waals surface area contributed by atoms with Crippen molar-refractivity contribution in [3.63, 3.8) is 0 Å². The molecule has 0 saturated heterocycles. The summed E-state index contributed by atoms with van der Waals surface area (Å²) in [5.74, 6) is -1.89. The van der Waals surface area contributed by atoms with Crippen molar-refractivity contribution in [1.29, 1.82) is 0 Å². The average molecular weight is 494 g/mol. The number of nitrogens with zero attached hydrogens (tertiary/aromatic N) is 3. The van der Waals surface area contributed by atoms with Crippen LogP contribution in [0.5, 0.6) is 0 Å². The van der Waals surface area contributed by atoms with Crippen molar-refractivity contribution in [2.75, 3.05) is 6.54 Å². The van der Waals surface area contributed by atoms with Crippen LogP contribution < -0.4 is 0 Å². The minimum atomic E-state index is -4.62. The highest BCUT2D eigenvalue weighted by atomic mass is 35.5. The average Bonchev–Trinajstić information content (AvgIpc) is 3.27. The van der Waals surface area contributed by atoms with Crippen LogP contribution in [-0.2, 0) is 22.3 Å². The van der Waals surface area contributed by atoms with E-state index in [0.29, 0.717) is 5.69 Å². The summed E-state index contributed by atoms with van der Waals surface area (Å²) in [4.78, 5) is 42.5. The van der Waals surface area contributed by atoms with E-state index in [1.165, 1.54) is 16.5 Å². The molecule has 0 saturated carbocycles. The van der Waals surface area contributed by atoms with Gasteiger partial charge in [-0.15, -0.1) is 0 Å². The number of imide groups is 1. The van der Waals surface area contributed by atoms with Gasteiger partial charge in [0.15, 0.2) is 5.65 Å². The Labute approximate surface area is 197 Å². The van der Waals surface area contributed by atoms with E-state index in [1.807, 2.05) is 0 Å². The molecule has 1 aliphatic heterocycles. The third-order valence-corrected chi connectivity index (χ3v) is 5.74. The van der Waals surface area contributed by atoms with E-state index < -0.39 is 29.5 Å². The van der Waals surface area contributed by atoms with Crippen LogP contribution in [0.3, 0.4) is 0 Å². The number of imidazole rings is 1. The maximum Gasteiger partial charge on any atom is 0.417 e. The van der Waals surface area contributed by atoms with E-state index in [4.69, 9.17) is 16.3 Å². The van der Waals surface area contributed by atoms with Gasteiger partial charge in [-0.3, -0.25) is 23.7 Å². The number of benzene rings is 1. The van der Waals surface area contributed by atoms with Gasteiger partial charge in [0, 0.05) is 12.7 Å². The van der Waals surface area contributed by atoms with Crippen LogP contribution in [0.2, 0.25) is 5.02 Å². The number of esters is 1. The van der Waals surface area contributed by atoms with Crippen molar-refractivity contribution >= 4 is 35.0 Å². The smallest absolute Gasteiger partial charge is 0.417 e. The molecule has 0 unspecified atom stereocenters. The molecule has 7 nitrogen and oxygen atoms in total. The zero-order valence-electron chi connectivity index (χ0n) is 18.1. The molecule has 3 aromatic rings. The molecule has 34 heavy (non-hydrogen) atoms. The molecule has 0 aliphatic carbocycles. The summed E-state index contributed by atoms with van der Waals surface area (Å²) in [6.07, 6.45) is -4.03. The van der Waals surface area contributed by atoms with E-state index in [-0.39, 0.29) is 53.0 Å². The molecule has 0 spiro atoms. The lowest BCUT2D eigenvalue weighted by Crippen LogP contribution is -2.32. The van der Waals surface area contributed by atoms with Gasteiger partial charge in [-0.05, 0) is 24.1 Å². The first-order chi connectivity index (χ1) is 16.0. The monoisotopic (exact) mass is 493 g/mol. The molecule has 0 atom stereocenters. The second-order valence-corrected chi connectivity index (χ2v) is 8.49. The zero-order chi connectivity index (χ0) is 24.8. The molecule has 1 aromatic carbocycles. The molecule has 0 radical (unpaired) electrons. The summed E-state index contributed by atoms with van der Waals surface area (Å²) >= 11 is 6.05. The number of ether oxygens (including phenoxy) is 1. The number of alkyl halides is 3. The lowest BCUT2D eigenvalue weighted by molar-refractivity contribution is -0.145. The van der Waals surface area contributed by atoms with E-state index >= 15 is 0 Å². The van der Waals surface area contributed by atoms with E-state index in [1.54, 1.807) is 26.0 Å². The Balaban J connectivity index is 1.50. The zero-order valence-corrected chi connectivity index (χ0v) is 18.9. The van der Waals surface area contributed by atoms with Gasteiger partial charge in [0.25, 0.3) is 11.8 Å². The van der Waals surface area contributed by atoms with Crippen LogP contribution >= 0.6 is 11.6 Å².